The lowest BCUT2D eigenvalue weighted by Crippen LogP contribution is -2.25. The third-order valence-electron chi connectivity index (χ3n) is 12.0. The molecule has 2 aliphatic carbocycles. The number of para-hydroxylation sites is 2. The summed E-state index contributed by atoms with van der Waals surface area (Å²) in [6, 6.07) is 46.2. The van der Waals surface area contributed by atoms with Crippen LogP contribution in [0, 0.1) is 0 Å². The number of aryl methyl sites for hydroxylation is 2. The average molecular weight is 635 g/mol. The van der Waals surface area contributed by atoms with Crippen LogP contribution < -0.4 is 9.80 Å². The quantitative estimate of drug-likeness (QED) is 0.178. The second-order valence-electron chi connectivity index (χ2n) is 14.6. The first-order chi connectivity index (χ1) is 24.3. The molecule has 10 rings (SSSR count). The van der Waals surface area contributed by atoms with Gasteiger partial charge in [-0.15, -0.1) is 0 Å². The molecule has 2 nitrogen and oxygen atoms in total. The van der Waals surface area contributed by atoms with Crippen molar-refractivity contribution in [3.05, 3.63) is 155 Å². The summed E-state index contributed by atoms with van der Waals surface area (Å²) in [5.74, 6) is 0. The van der Waals surface area contributed by atoms with Crippen LogP contribution in [0.2, 0.25) is 0 Å². The fraction of sp³-hybridized carbons (Fsp3) is 0.234. The number of rotatable bonds is 4. The lowest BCUT2D eigenvalue weighted by atomic mass is 9.76. The van der Waals surface area contributed by atoms with E-state index in [9.17, 15) is 0 Å². The first-order valence-electron chi connectivity index (χ1n) is 18.5. The molecule has 49 heavy (non-hydrogen) atoms. The molecule has 0 amide bonds. The molecule has 1 saturated carbocycles. The van der Waals surface area contributed by atoms with Crippen molar-refractivity contribution in [2.45, 2.75) is 56.8 Å². The topological polar surface area (TPSA) is 6.48 Å². The Bertz CT molecular complexity index is 2270. The van der Waals surface area contributed by atoms with Crippen LogP contribution in [0.25, 0.3) is 34.1 Å². The molecule has 0 radical (unpaired) electrons. The molecule has 4 aliphatic rings. The van der Waals surface area contributed by atoms with Crippen LogP contribution in [-0.4, -0.2) is 13.1 Å². The number of anilines is 4. The monoisotopic (exact) mass is 634 g/mol. The number of benzene rings is 6. The third-order valence-corrected chi connectivity index (χ3v) is 12.0. The number of fused-ring (bicyclic) bond motifs is 8. The van der Waals surface area contributed by atoms with Gasteiger partial charge >= 0.3 is 0 Å². The fourth-order valence-electron chi connectivity index (χ4n) is 9.76. The molecule has 0 unspecified atom stereocenters. The van der Waals surface area contributed by atoms with E-state index >= 15 is 0 Å². The molecule has 0 atom stereocenters. The summed E-state index contributed by atoms with van der Waals surface area (Å²) < 4.78 is 0. The Kier molecular flexibility index (Phi) is 6.79. The summed E-state index contributed by atoms with van der Waals surface area (Å²) in [5, 5.41) is 2.63. The minimum absolute atomic E-state index is 0.124. The SMILES string of the molecule is C(=C\c1cccc2c(N3CCCc4ccccc43)cccc12)/c1ccc2c(c1)C1(CCCC1)c1cc(N3CCCc4ccccc43)ccc1-2. The van der Waals surface area contributed by atoms with Crippen LogP contribution in [0.1, 0.15) is 71.9 Å². The van der Waals surface area contributed by atoms with Crippen molar-refractivity contribution in [3.63, 3.8) is 0 Å². The maximum Gasteiger partial charge on any atom is 0.0490 e. The van der Waals surface area contributed by atoms with E-state index in [4.69, 9.17) is 0 Å². The van der Waals surface area contributed by atoms with Crippen LogP contribution in [0.15, 0.2) is 121 Å². The molecule has 2 heterocycles. The first-order valence-corrected chi connectivity index (χ1v) is 18.5. The molecule has 0 N–H and O–H groups in total. The number of hydrogen-bond acceptors (Lipinski definition) is 2. The zero-order chi connectivity index (χ0) is 32.4. The third kappa shape index (κ3) is 4.61. The first kappa shape index (κ1) is 28.9. The van der Waals surface area contributed by atoms with Crippen molar-refractivity contribution in [2.75, 3.05) is 22.9 Å². The van der Waals surface area contributed by atoms with Gasteiger partial charge in [0.05, 0.1) is 0 Å². The smallest absolute Gasteiger partial charge is 0.0490 e. The van der Waals surface area contributed by atoms with Gasteiger partial charge in [0.1, 0.15) is 0 Å². The van der Waals surface area contributed by atoms with Gasteiger partial charge in [-0.3, -0.25) is 0 Å². The van der Waals surface area contributed by atoms with Crippen LogP contribution in [0.4, 0.5) is 22.7 Å². The lowest BCUT2D eigenvalue weighted by molar-refractivity contribution is 0.549. The predicted octanol–water partition coefficient (Wildman–Crippen LogP) is 12.0. The highest BCUT2D eigenvalue weighted by Crippen LogP contribution is 2.58. The summed E-state index contributed by atoms with van der Waals surface area (Å²) in [5.41, 5.74) is 17.0. The molecule has 0 bridgehead atoms. The highest BCUT2D eigenvalue weighted by Gasteiger charge is 2.45. The summed E-state index contributed by atoms with van der Waals surface area (Å²) in [6.45, 7) is 2.15. The van der Waals surface area contributed by atoms with E-state index in [1.165, 1.54) is 112 Å². The maximum absolute atomic E-state index is 2.57. The van der Waals surface area contributed by atoms with Crippen molar-refractivity contribution in [2.24, 2.45) is 0 Å². The molecule has 6 aromatic carbocycles. The largest absolute Gasteiger partial charge is 0.341 e. The van der Waals surface area contributed by atoms with Crippen molar-refractivity contribution in [1.82, 2.24) is 0 Å². The molecule has 2 heteroatoms. The minimum atomic E-state index is 0.124. The Balaban J connectivity index is 1.00. The van der Waals surface area contributed by atoms with E-state index in [0.29, 0.717) is 0 Å². The van der Waals surface area contributed by atoms with Crippen LogP contribution in [0.3, 0.4) is 0 Å². The minimum Gasteiger partial charge on any atom is -0.341 e. The number of hydrogen-bond donors (Lipinski definition) is 0. The summed E-state index contributed by atoms with van der Waals surface area (Å²) in [7, 11) is 0. The highest BCUT2D eigenvalue weighted by molar-refractivity contribution is 6.02. The van der Waals surface area contributed by atoms with E-state index < -0.39 is 0 Å². The zero-order valence-corrected chi connectivity index (χ0v) is 28.2. The summed E-state index contributed by atoms with van der Waals surface area (Å²) >= 11 is 0. The van der Waals surface area contributed by atoms with E-state index in [0.717, 1.165) is 19.5 Å². The Morgan fingerprint density at radius 2 is 1.12 bits per heavy atom. The predicted molar refractivity (Wildman–Crippen MR) is 208 cm³/mol. The van der Waals surface area contributed by atoms with Gasteiger partial charge in [-0.2, -0.15) is 0 Å². The standard InChI is InChI=1S/C47H42N2/c1-3-18-44-35(11-1)14-9-29-48(44)37-24-26-40-39-25-22-33(31-42(39)47(43(40)32-37)27-5-6-28-47)21-23-34-13-7-17-41-38(34)16-8-20-46(41)49-30-10-15-36-12-2-4-19-45(36)49/h1-4,7-8,11-13,16-26,31-32H,5-6,9-10,14-15,27-30H2/b23-21+. The van der Waals surface area contributed by atoms with Gasteiger partial charge in [0.25, 0.3) is 0 Å². The van der Waals surface area contributed by atoms with E-state index in [1.807, 2.05) is 0 Å². The van der Waals surface area contributed by atoms with Gasteiger partial charge < -0.3 is 9.80 Å². The summed E-state index contributed by atoms with van der Waals surface area (Å²) in [6.07, 6.45) is 14.5. The maximum atomic E-state index is 2.57. The fourth-order valence-corrected chi connectivity index (χ4v) is 9.76. The lowest BCUT2D eigenvalue weighted by Gasteiger charge is -2.33. The Labute approximate surface area is 290 Å². The van der Waals surface area contributed by atoms with Gasteiger partial charge in [0.2, 0.25) is 0 Å². The molecular weight excluding hydrogens is 593 g/mol. The Morgan fingerprint density at radius 3 is 1.92 bits per heavy atom. The van der Waals surface area contributed by atoms with E-state index in [2.05, 4.69) is 143 Å². The van der Waals surface area contributed by atoms with Gasteiger partial charge in [-0.05, 0) is 119 Å². The number of nitrogens with zero attached hydrogens (tertiary/aromatic N) is 2. The molecule has 0 aromatic heterocycles. The second kappa shape index (κ2) is 11.5. The second-order valence-corrected chi connectivity index (χ2v) is 14.6. The van der Waals surface area contributed by atoms with Gasteiger partial charge in [-0.25, -0.2) is 0 Å². The van der Waals surface area contributed by atoms with Crippen LogP contribution in [0.5, 0.6) is 0 Å². The van der Waals surface area contributed by atoms with Gasteiger partial charge in [0.15, 0.2) is 0 Å². The molecular formula is C47H42N2. The highest BCUT2D eigenvalue weighted by atomic mass is 15.1. The normalized spacial score (nSPS) is 17.4. The van der Waals surface area contributed by atoms with Gasteiger partial charge in [-0.1, -0.05) is 116 Å². The molecule has 1 spiro atoms. The van der Waals surface area contributed by atoms with Crippen LogP contribution >= 0.6 is 0 Å². The van der Waals surface area contributed by atoms with Crippen molar-refractivity contribution in [3.8, 4) is 11.1 Å². The Morgan fingerprint density at radius 1 is 0.490 bits per heavy atom. The summed E-state index contributed by atoms with van der Waals surface area (Å²) in [4.78, 5) is 5.10. The Hall–Kier alpha value is -5.08. The zero-order valence-electron chi connectivity index (χ0n) is 28.2. The van der Waals surface area contributed by atoms with Gasteiger partial charge in [0, 0.05) is 46.6 Å². The van der Waals surface area contributed by atoms with Crippen molar-refractivity contribution >= 4 is 45.7 Å². The van der Waals surface area contributed by atoms with Crippen molar-refractivity contribution in [1.29, 1.82) is 0 Å². The van der Waals surface area contributed by atoms with E-state index in [-0.39, 0.29) is 5.41 Å². The molecule has 6 aromatic rings. The molecule has 240 valence electrons. The average Bonchev–Trinajstić information content (AvgIpc) is 3.76. The molecule has 0 saturated heterocycles. The van der Waals surface area contributed by atoms with Crippen molar-refractivity contribution < 1.29 is 0 Å². The molecule has 1 fully saturated rings. The molecule has 2 aliphatic heterocycles. The van der Waals surface area contributed by atoms with E-state index in [1.54, 1.807) is 11.1 Å². The van der Waals surface area contributed by atoms with Crippen LogP contribution in [-0.2, 0) is 18.3 Å².